The molecule has 0 spiro atoms. The molecule has 0 aliphatic heterocycles. The van der Waals surface area contributed by atoms with Gasteiger partial charge in [-0.1, -0.05) is 52.4 Å². The van der Waals surface area contributed by atoms with Crippen LogP contribution in [0.3, 0.4) is 0 Å². The van der Waals surface area contributed by atoms with Crippen molar-refractivity contribution in [2.24, 2.45) is 0 Å². The molecule has 30 heavy (non-hydrogen) atoms. The Morgan fingerprint density at radius 2 is 1.33 bits per heavy atom. The number of benzene rings is 1. The summed E-state index contributed by atoms with van der Waals surface area (Å²) in [5.74, 6) is 1.63. The van der Waals surface area contributed by atoms with Crippen LogP contribution in [-0.4, -0.2) is 24.0 Å². The third-order valence-electron chi connectivity index (χ3n) is 4.85. The first-order valence-corrected chi connectivity index (χ1v) is 11.1. The van der Waals surface area contributed by atoms with E-state index in [0.29, 0.717) is 12.2 Å². The van der Waals surface area contributed by atoms with Gasteiger partial charge in [-0.3, -0.25) is 9.78 Å². The Bertz CT molecular complexity index is 701. The number of carbonyl (C=O) groups excluding carboxylic acids is 1. The van der Waals surface area contributed by atoms with Crippen molar-refractivity contribution in [2.75, 3.05) is 13.2 Å². The molecular weight excluding hydrogens is 426 g/mol. The number of unbranched alkanes of at least 4 members (excludes halogenated alkanes) is 6. The van der Waals surface area contributed by atoms with Crippen LogP contribution in [0, 0.1) is 0 Å². The molecule has 0 fully saturated rings. The average Bonchev–Trinajstić information content (AvgIpc) is 2.75. The summed E-state index contributed by atoms with van der Waals surface area (Å²) in [5.41, 5.74) is 1.44. The van der Waals surface area contributed by atoms with Gasteiger partial charge in [-0.05, 0) is 49.2 Å². The Kier molecular flexibility index (Phi) is 13.9. The molecule has 0 saturated heterocycles. The zero-order valence-corrected chi connectivity index (χ0v) is 19.2. The second kappa shape index (κ2) is 15.9. The van der Waals surface area contributed by atoms with Gasteiger partial charge in [0, 0.05) is 28.3 Å². The van der Waals surface area contributed by atoms with Crippen LogP contribution in [0.4, 0.5) is 0 Å². The minimum atomic E-state index is 0. The van der Waals surface area contributed by atoms with E-state index in [0.717, 1.165) is 36.6 Å². The molecule has 0 bridgehead atoms. The van der Waals surface area contributed by atoms with Crippen LogP contribution in [0.5, 0.6) is 11.5 Å². The van der Waals surface area contributed by atoms with E-state index in [1.807, 2.05) is 36.4 Å². The molecule has 0 amide bonds. The molecule has 0 aliphatic carbocycles. The van der Waals surface area contributed by atoms with E-state index in [2.05, 4.69) is 18.8 Å². The molecule has 1 radical (unpaired) electrons. The van der Waals surface area contributed by atoms with E-state index in [4.69, 9.17) is 9.47 Å². The van der Waals surface area contributed by atoms with Crippen molar-refractivity contribution in [3.63, 3.8) is 0 Å². The van der Waals surface area contributed by atoms with Gasteiger partial charge < -0.3 is 9.47 Å². The van der Waals surface area contributed by atoms with E-state index in [-0.39, 0.29) is 29.3 Å². The van der Waals surface area contributed by atoms with Gasteiger partial charge in [0.25, 0.3) is 0 Å². The first-order valence-electron chi connectivity index (χ1n) is 11.1. The normalized spacial score (nSPS) is 10.3. The number of nitrogens with zero attached hydrogens (tertiary/aromatic N) is 1. The fourth-order valence-electron chi connectivity index (χ4n) is 3.04. The van der Waals surface area contributed by atoms with Crippen molar-refractivity contribution in [1.82, 2.24) is 4.98 Å². The SMILES string of the molecule is CCCCCCOc1ccc(C(=O)Cc2ccc(OCCCCCC)cn2)cc1.[Cu]. The van der Waals surface area contributed by atoms with Crippen molar-refractivity contribution in [1.29, 1.82) is 0 Å². The molecule has 0 aliphatic rings. The summed E-state index contributed by atoms with van der Waals surface area (Å²) in [6, 6.07) is 11.2. The van der Waals surface area contributed by atoms with Gasteiger partial charge in [-0.25, -0.2) is 0 Å². The molecule has 169 valence electrons. The maximum Gasteiger partial charge on any atom is 0.168 e. The van der Waals surface area contributed by atoms with Gasteiger partial charge in [-0.15, -0.1) is 0 Å². The van der Waals surface area contributed by atoms with Crippen LogP contribution < -0.4 is 9.47 Å². The van der Waals surface area contributed by atoms with E-state index in [1.54, 1.807) is 6.20 Å². The van der Waals surface area contributed by atoms with E-state index < -0.39 is 0 Å². The van der Waals surface area contributed by atoms with E-state index >= 15 is 0 Å². The number of hydrogen-bond acceptors (Lipinski definition) is 4. The summed E-state index contributed by atoms with van der Waals surface area (Å²) < 4.78 is 11.4. The summed E-state index contributed by atoms with van der Waals surface area (Å²) in [7, 11) is 0. The Morgan fingerprint density at radius 1 is 0.767 bits per heavy atom. The predicted octanol–water partition coefficient (Wildman–Crippen LogP) is 6.42. The van der Waals surface area contributed by atoms with Gasteiger partial charge in [0.15, 0.2) is 5.78 Å². The zero-order chi connectivity index (χ0) is 20.7. The number of Topliss-reactive ketones (excluding diaryl/α,β-unsaturated/α-hetero) is 1. The summed E-state index contributed by atoms with van der Waals surface area (Å²) in [5, 5.41) is 0. The average molecular weight is 461 g/mol. The van der Waals surface area contributed by atoms with Crippen LogP contribution in [0.25, 0.3) is 0 Å². The molecule has 1 aromatic carbocycles. The Balaban J connectivity index is 0.00000450. The molecule has 2 aromatic rings. The first kappa shape index (κ1) is 26.2. The molecule has 1 aromatic heterocycles. The number of aromatic nitrogens is 1. The van der Waals surface area contributed by atoms with Crippen molar-refractivity contribution >= 4 is 5.78 Å². The Hall–Kier alpha value is -1.84. The van der Waals surface area contributed by atoms with Gasteiger partial charge in [0.2, 0.25) is 0 Å². The van der Waals surface area contributed by atoms with Gasteiger partial charge in [-0.2, -0.15) is 0 Å². The standard InChI is InChI=1S/C25H35NO3.Cu/c1-3-5-7-9-17-28-23-14-11-21(12-15-23)25(27)19-22-13-16-24(20-26-22)29-18-10-8-6-4-2;/h11-16,20H,3-10,17-19H2,1-2H3;. The molecule has 0 saturated carbocycles. The minimum absolute atomic E-state index is 0. The molecule has 5 heteroatoms. The van der Waals surface area contributed by atoms with Crippen LogP contribution in [0.15, 0.2) is 42.6 Å². The number of ketones is 1. The molecule has 1 heterocycles. The van der Waals surface area contributed by atoms with Crippen LogP contribution in [0.1, 0.15) is 81.3 Å². The topological polar surface area (TPSA) is 48.4 Å². The molecule has 4 nitrogen and oxygen atoms in total. The maximum absolute atomic E-state index is 12.5. The fraction of sp³-hybridized carbons (Fsp3) is 0.520. The van der Waals surface area contributed by atoms with Crippen LogP contribution >= 0.6 is 0 Å². The molecular formula is C25H35CuNO3. The van der Waals surface area contributed by atoms with Gasteiger partial charge in [0.1, 0.15) is 11.5 Å². The summed E-state index contributed by atoms with van der Waals surface area (Å²) >= 11 is 0. The quantitative estimate of drug-likeness (QED) is 0.175. The largest absolute Gasteiger partial charge is 0.494 e. The molecule has 0 atom stereocenters. The van der Waals surface area contributed by atoms with Gasteiger partial charge >= 0.3 is 0 Å². The Morgan fingerprint density at radius 3 is 1.87 bits per heavy atom. The van der Waals surface area contributed by atoms with Crippen LogP contribution in [0.2, 0.25) is 0 Å². The van der Waals surface area contributed by atoms with Gasteiger partial charge in [0.05, 0.1) is 25.8 Å². The summed E-state index contributed by atoms with van der Waals surface area (Å²) in [6.07, 6.45) is 11.4. The predicted molar refractivity (Wildman–Crippen MR) is 118 cm³/mol. The zero-order valence-electron chi connectivity index (χ0n) is 18.3. The monoisotopic (exact) mass is 460 g/mol. The summed E-state index contributed by atoms with van der Waals surface area (Å²) in [6.45, 7) is 5.84. The van der Waals surface area contributed by atoms with Crippen molar-refractivity contribution in [2.45, 2.75) is 71.6 Å². The van der Waals surface area contributed by atoms with E-state index in [9.17, 15) is 4.79 Å². The second-order valence-corrected chi connectivity index (χ2v) is 7.43. The molecule has 0 unspecified atom stereocenters. The maximum atomic E-state index is 12.5. The molecule has 0 N–H and O–H groups in total. The van der Waals surface area contributed by atoms with Crippen LogP contribution in [-0.2, 0) is 23.5 Å². The fourth-order valence-corrected chi connectivity index (χ4v) is 3.04. The smallest absolute Gasteiger partial charge is 0.168 e. The summed E-state index contributed by atoms with van der Waals surface area (Å²) in [4.78, 5) is 16.9. The number of ether oxygens (including phenoxy) is 2. The van der Waals surface area contributed by atoms with Crippen molar-refractivity contribution in [3.8, 4) is 11.5 Å². The minimum Gasteiger partial charge on any atom is -0.494 e. The van der Waals surface area contributed by atoms with Crippen molar-refractivity contribution in [3.05, 3.63) is 53.9 Å². The third-order valence-corrected chi connectivity index (χ3v) is 4.85. The number of carbonyl (C=O) groups is 1. The Labute approximate surface area is 192 Å². The second-order valence-electron chi connectivity index (χ2n) is 7.43. The molecule has 2 rings (SSSR count). The van der Waals surface area contributed by atoms with E-state index in [1.165, 1.54) is 38.5 Å². The third kappa shape index (κ3) is 10.3. The first-order chi connectivity index (χ1) is 14.2. The number of rotatable bonds is 15. The number of pyridine rings is 1. The van der Waals surface area contributed by atoms with Crippen molar-refractivity contribution < 1.29 is 31.3 Å². The number of hydrogen-bond donors (Lipinski definition) is 0.